The molecule has 0 spiro atoms. The first-order valence-corrected chi connectivity index (χ1v) is 7.82. The molecule has 25 heavy (non-hydrogen) atoms. The summed E-state index contributed by atoms with van der Waals surface area (Å²) < 4.78 is 28.2. The Morgan fingerprint density at radius 2 is 2.04 bits per heavy atom. The Balaban J connectivity index is 1.76. The van der Waals surface area contributed by atoms with Crippen LogP contribution >= 0.6 is 11.6 Å². The second kappa shape index (κ2) is 7.03. The maximum Gasteiger partial charge on any atom is 0.257 e. The van der Waals surface area contributed by atoms with E-state index in [-0.39, 0.29) is 18.0 Å². The van der Waals surface area contributed by atoms with Gasteiger partial charge in [0, 0.05) is 36.4 Å². The highest BCUT2D eigenvalue weighted by Gasteiger charge is 2.16. The number of aromatic nitrogens is 2. The number of carbonyl (C=O) groups is 1. The van der Waals surface area contributed by atoms with Crippen LogP contribution in [0.2, 0.25) is 5.02 Å². The van der Waals surface area contributed by atoms with Gasteiger partial charge in [0.05, 0.1) is 17.4 Å². The monoisotopic (exact) mass is 361 g/mol. The van der Waals surface area contributed by atoms with Crippen LogP contribution in [-0.4, -0.2) is 27.6 Å². The smallest absolute Gasteiger partial charge is 0.257 e. The van der Waals surface area contributed by atoms with Crippen LogP contribution in [0.15, 0.2) is 54.9 Å². The zero-order chi connectivity index (χ0) is 18.0. The van der Waals surface area contributed by atoms with E-state index in [0.29, 0.717) is 10.6 Å². The Bertz CT molecular complexity index is 926. The van der Waals surface area contributed by atoms with Crippen molar-refractivity contribution in [2.75, 3.05) is 7.05 Å². The SMILES string of the molecule is CN(Cc1ccc(F)cc1F)C(=O)c1cnn(-c2cccc(Cl)c2)c1. The molecule has 3 rings (SSSR count). The fourth-order valence-electron chi connectivity index (χ4n) is 2.39. The van der Waals surface area contributed by atoms with Crippen molar-refractivity contribution in [1.82, 2.24) is 14.7 Å². The maximum absolute atomic E-state index is 13.7. The third-order valence-electron chi connectivity index (χ3n) is 3.67. The van der Waals surface area contributed by atoms with Crippen molar-refractivity contribution in [3.8, 4) is 5.69 Å². The van der Waals surface area contributed by atoms with Crippen LogP contribution in [0.25, 0.3) is 5.69 Å². The normalized spacial score (nSPS) is 10.7. The first-order chi connectivity index (χ1) is 11.9. The van der Waals surface area contributed by atoms with Crippen LogP contribution in [0.5, 0.6) is 0 Å². The van der Waals surface area contributed by atoms with E-state index >= 15 is 0 Å². The van der Waals surface area contributed by atoms with E-state index in [0.717, 1.165) is 17.8 Å². The van der Waals surface area contributed by atoms with Crippen molar-refractivity contribution < 1.29 is 13.6 Å². The largest absolute Gasteiger partial charge is 0.337 e. The van der Waals surface area contributed by atoms with E-state index in [2.05, 4.69) is 5.10 Å². The molecule has 128 valence electrons. The Labute approximate surface area is 148 Å². The minimum absolute atomic E-state index is 0.0211. The molecular formula is C18H14ClF2N3O. The molecule has 1 amide bonds. The highest BCUT2D eigenvalue weighted by Crippen LogP contribution is 2.16. The topological polar surface area (TPSA) is 38.1 Å². The van der Waals surface area contributed by atoms with E-state index in [1.807, 2.05) is 6.07 Å². The maximum atomic E-state index is 13.7. The summed E-state index contributed by atoms with van der Waals surface area (Å²) in [5.74, 6) is -1.66. The summed E-state index contributed by atoms with van der Waals surface area (Å²) >= 11 is 5.95. The second-order valence-corrected chi connectivity index (χ2v) is 5.99. The van der Waals surface area contributed by atoms with Crippen molar-refractivity contribution in [3.63, 3.8) is 0 Å². The summed E-state index contributed by atoms with van der Waals surface area (Å²) in [5, 5.41) is 4.71. The third-order valence-corrected chi connectivity index (χ3v) is 3.91. The summed E-state index contributed by atoms with van der Waals surface area (Å²) in [6.07, 6.45) is 3.01. The second-order valence-electron chi connectivity index (χ2n) is 5.55. The fourth-order valence-corrected chi connectivity index (χ4v) is 2.58. The third kappa shape index (κ3) is 3.85. The summed E-state index contributed by atoms with van der Waals surface area (Å²) in [7, 11) is 1.54. The summed E-state index contributed by atoms with van der Waals surface area (Å²) in [5.41, 5.74) is 1.31. The molecule has 0 fully saturated rings. The Hall–Kier alpha value is -2.73. The minimum Gasteiger partial charge on any atom is -0.337 e. The van der Waals surface area contributed by atoms with Crippen LogP contribution in [0, 0.1) is 11.6 Å². The zero-order valence-corrected chi connectivity index (χ0v) is 14.0. The van der Waals surface area contributed by atoms with Crippen molar-refractivity contribution in [1.29, 1.82) is 0 Å². The van der Waals surface area contributed by atoms with Crippen LogP contribution < -0.4 is 0 Å². The molecule has 1 heterocycles. The molecule has 0 unspecified atom stereocenters. The molecule has 0 saturated heterocycles. The predicted octanol–water partition coefficient (Wildman–Crippen LogP) is 4.08. The van der Waals surface area contributed by atoms with Crippen molar-refractivity contribution in [2.24, 2.45) is 0 Å². The van der Waals surface area contributed by atoms with Gasteiger partial charge in [-0.05, 0) is 24.3 Å². The molecule has 0 aliphatic rings. The number of nitrogens with zero attached hydrogens (tertiary/aromatic N) is 3. The highest BCUT2D eigenvalue weighted by molar-refractivity contribution is 6.30. The van der Waals surface area contributed by atoms with Gasteiger partial charge in [0.2, 0.25) is 0 Å². The standard InChI is InChI=1S/C18H14ClF2N3O/c1-23(10-12-5-6-15(20)8-17(12)21)18(25)13-9-22-24(11-13)16-4-2-3-14(19)7-16/h2-9,11H,10H2,1H3. The van der Waals surface area contributed by atoms with Gasteiger partial charge in [0.1, 0.15) is 11.6 Å². The van der Waals surface area contributed by atoms with Gasteiger partial charge in [-0.3, -0.25) is 4.79 Å². The highest BCUT2D eigenvalue weighted by atomic mass is 35.5. The quantitative estimate of drug-likeness (QED) is 0.702. The van der Waals surface area contributed by atoms with Crippen molar-refractivity contribution in [3.05, 3.63) is 82.6 Å². The Morgan fingerprint density at radius 3 is 2.76 bits per heavy atom. The Kier molecular flexibility index (Phi) is 4.81. The lowest BCUT2D eigenvalue weighted by atomic mass is 10.2. The predicted molar refractivity (Wildman–Crippen MR) is 90.7 cm³/mol. The van der Waals surface area contributed by atoms with Crippen LogP contribution in [0.4, 0.5) is 8.78 Å². The lowest BCUT2D eigenvalue weighted by Gasteiger charge is -2.16. The molecule has 0 bridgehead atoms. The number of halogens is 3. The molecular weight excluding hydrogens is 348 g/mol. The molecule has 1 aromatic heterocycles. The molecule has 0 radical (unpaired) electrons. The van der Waals surface area contributed by atoms with Gasteiger partial charge in [0.15, 0.2) is 0 Å². The van der Waals surface area contributed by atoms with E-state index < -0.39 is 11.6 Å². The number of amides is 1. The first kappa shape index (κ1) is 17.1. The fraction of sp³-hybridized carbons (Fsp3) is 0.111. The summed E-state index contributed by atoms with van der Waals surface area (Å²) in [4.78, 5) is 13.8. The van der Waals surface area contributed by atoms with Gasteiger partial charge in [-0.25, -0.2) is 13.5 Å². The van der Waals surface area contributed by atoms with Gasteiger partial charge in [-0.2, -0.15) is 5.10 Å². The van der Waals surface area contributed by atoms with E-state index in [9.17, 15) is 13.6 Å². The number of carbonyl (C=O) groups excluding carboxylic acids is 1. The van der Waals surface area contributed by atoms with Gasteiger partial charge < -0.3 is 4.90 Å². The number of hydrogen-bond acceptors (Lipinski definition) is 2. The lowest BCUT2D eigenvalue weighted by molar-refractivity contribution is 0.0784. The van der Waals surface area contributed by atoms with Gasteiger partial charge >= 0.3 is 0 Å². The summed E-state index contributed by atoms with van der Waals surface area (Å²) in [6, 6.07) is 10.3. The van der Waals surface area contributed by atoms with Gasteiger partial charge in [-0.15, -0.1) is 0 Å². The number of benzene rings is 2. The molecule has 4 nitrogen and oxygen atoms in total. The molecule has 0 aliphatic carbocycles. The van der Waals surface area contributed by atoms with Gasteiger partial charge in [-0.1, -0.05) is 23.7 Å². The van der Waals surface area contributed by atoms with Crippen LogP contribution in [0.1, 0.15) is 15.9 Å². The lowest BCUT2D eigenvalue weighted by Crippen LogP contribution is -2.26. The van der Waals surface area contributed by atoms with Gasteiger partial charge in [0.25, 0.3) is 5.91 Å². The Morgan fingerprint density at radius 1 is 1.24 bits per heavy atom. The molecule has 3 aromatic rings. The zero-order valence-electron chi connectivity index (χ0n) is 13.3. The molecule has 0 saturated carbocycles. The average molecular weight is 362 g/mol. The molecule has 0 atom stereocenters. The molecule has 2 aromatic carbocycles. The number of hydrogen-bond donors (Lipinski definition) is 0. The number of rotatable bonds is 4. The van der Waals surface area contributed by atoms with Crippen molar-refractivity contribution >= 4 is 17.5 Å². The van der Waals surface area contributed by atoms with E-state index in [1.54, 1.807) is 31.4 Å². The van der Waals surface area contributed by atoms with Crippen LogP contribution in [-0.2, 0) is 6.54 Å². The minimum atomic E-state index is -0.686. The first-order valence-electron chi connectivity index (χ1n) is 7.44. The van der Waals surface area contributed by atoms with Crippen molar-refractivity contribution in [2.45, 2.75) is 6.54 Å². The molecule has 7 heteroatoms. The van der Waals surface area contributed by atoms with Crippen LogP contribution in [0.3, 0.4) is 0 Å². The molecule has 0 N–H and O–H groups in total. The van der Waals surface area contributed by atoms with E-state index in [1.165, 1.54) is 21.8 Å². The van der Waals surface area contributed by atoms with E-state index in [4.69, 9.17) is 11.6 Å². The molecule has 0 aliphatic heterocycles. The summed E-state index contributed by atoms with van der Waals surface area (Å²) in [6.45, 7) is 0.0211. The average Bonchev–Trinajstić information content (AvgIpc) is 3.06.